The van der Waals surface area contributed by atoms with E-state index in [4.69, 9.17) is 0 Å². The van der Waals surface area contributed by atoms with E-state index in [9.17, 15) is 9.18 Å². The summed E-state index contributed by atoms with van der Waals surface area (Å²) in [5.41, 5.74) is 2.02. The Kier molecular flexibility index (Phi) is 4.96. The van der Waals surface area contributed by atoms with Gasteiger partial charge in [-0.25, -0.2) is 4.39 Å². The zero-order valence-electron chi connectivity index (χ0n) is 12.7. The smallest absolute Gasteiger partial charge is 0.227 e. The second-order valence-electron chi connectivity index (χ2n) is 5.65. The number of hydrogen-bond acceptors (Lipinski definition) is 2. The predicted octanol–water partition coefficient (Wildman–Crippen LogP) is 3.48. The van der Waals surface area contributed by atoms with Gasteiger partial charge in [-0.05, 0) is 35.9 Å². The van der Waals surface area contributed by atoms with Crippen molar-refractivity contribution in [3.8, 4) is 0 Å². The van der Waals surface area contributed by atoms with Gasteiger partial charge in [-0.1, -0.05) is 34.1 Å². The van der Waals surface area contributed by atoms with Crippen LogP contribution in [0.1, 0.15) is 5.56 Å². The van der Waals surface area contributed by atoms with Gasteiger partial charge in [-0.2, -0.15) is 0 Å². The van der Waals surface area contributed by atoms with Crippen LogP contribution in [0.5, 0.6) is 0 Å². The lowest BCUT2D eigenvalue weighted by molar-refractivity contribution is -0.130. The van der Waals surface area contributed by atoms with Gasteiger partial charge < -0.3 is 9.80 Å². The summed E-state index contributed by atoms with van der Waals surface area (Å²) in [6.07, 6.45) is 0.331. The van der Waals surface area contributed by atoms with Gasteiger partial charge in [0.05, 0.1) is 6.42 Å². The molecule has 3 nitrogen and oxygen atoms in total. The van der Waals surface area contributed by atoms with Crippen LogP contribution in [-0.4, -0.2) is 37.0 Å². The minimum absolute atomic E-state index is 0.102. The van der Waals surface area contributed by atoms with E-state index in [1.807, 2.05) is 17.0 Å². The summed E-state index contributed by atoms with van der Waals surface area (Å²) in [5.74, 6) is -0.172. The van der Waals surface area contributed by atoms with Crippen molar-refractivity contribution in [3.05, 3.63) is 64.4 Å². The summed E-state index contributed by atoms with van der Waals surface area (Å²) in [6.45, 7) is 3.08. The van der Waals surface area contributed by atoms with Crippen LogP contribution in [0.25, 0.3) is 0 Å². The Labute approximate surface area is 143 Å². The third-order valence-electron chi connectivity index (χ3n) is 4.07. The molecular weight excluding hydrogens is 359 g/mol. The van der Waals surface area contributed by atoms with Crippen LogP contribution < -0.4 is 4.90 Å². The van der Waals surface area contributed by atoms with E-state index in [2.05, 4.69) is 33.0 Å². The molecule has 1 saturated heterocycles. The van der Waals surface area contributed by atoms with Crippen LogP contribution >= 0.6 is 15.9 Å². The first-order valence-electron chi connectivity index (χ1n) is 7.64. The Morgan fingerprint density at radius 2 is 1.74 bits per heavy atom. The summed E-state index contributed by atoms with van der Waals surface area (Å²) < 4.78 is 14.0. The fourth-order valence-corrected chi connectivity index (χ4v) is 3.16. The number of amides is 1. The molecular formula is C18H18BrFN2O. The van der Waals surface area contributed by atoms with Gasteiger partial charge in [0.25, 0.3) is 0 Å². The summed E-state index contributed by atoms with van der Waals surface area (Å²) in [7, 11) is 0. The van der Waals surface area contributed by atoms with Crippen molar-refractivity contribution in [3.63, 3.8) is 0 Å². The first kappa shape index (κ1) is 16.0. The van der Waals surface area contributed by atoms with Gasteiger partial charge in [0, 0.05) is 36.3 Å². The van der Waals surface area contributed by atoms with Crippen LogP contribution in [0.15, 0.2) is 53.0 Å². The standard InChI is InChI=1S/C18H18BrFN2O/c19-15-2-1-3-17(13-15)21-8-10-22(11-9-21)18(23)12-14-4-6-16(20)7-5-14/h1-7,13H,8-12H2. The average molecular weight is 377 g/mol. The molecule has 1 aliphatic rings. The molecule has 0 saturated carbocycles. The molecule has 0 aliphatic carbocycles. The van der Waals surface area contributed by atoms with Gasteiger partial charge in [0.2, 0.25) is 5.91 Å². The van der Waals surface area contributed by atoms with E-state index in [0.717, 1.165) is 23.1 Å². The van der Waals surface area contributed by atoms with Gasteiger partial charge in [0.15, 0.2) is 0 Å². The van der Waals surface area contributed by atoms with Crippen molar-refractivity contribution in [2.24, 2.45) is 0 Å². The van der Waals surface area contributed by atoms with E-state index >= 15 is 0 Å². The highest BCUT2D eigenvalue weighted by Crippen LogP contribution is 2.21. The molecule has 120 valence electrons. The first-order chi connectivity index (χ1) is 11.1. The number of benzene rings is 2. The highest BCUT2D eigenvalue weighted by atomic mass is 79.9. The number of halogens is 2. The number of rotatable bonds is 3. The highest BCUT2D eigenvalue weighted by Gasteiger charge is 2.21. The van der Waals surface area contributed by atoms with Gasteiger partial charge in [-0.15, -0.1) is 0 Å². The Balaban J connectivity index is 1.56. The third kappa shape index (κ3) is 4.10. The molecule has 0 radical (unpaired) electrons. The average Bonchev–Trinajstić information content (AvgIpc) is 2.57. The lowest BCUT2D eigenvalue weighted by Crippen LogP contribution is -2.49. The Bertz CT molecular complexity index is 682. The van der Waals surface area contributed by atoms with Gasteiger partial charge in [-0.3, -0.25) is 4.79 Å². The van der Waals surface area contributed by atoms with Crippen molar-refractivity contribution in [2.45, 2.75) is 6.42 Å². The van der Waals surface area contributed by atoms with Crippen molar-refractivity contribution in [1.29, 1.82) is 0 Å². The van der Waals surface area contributed by atoms with Crippen LogP contribution in [0.4, 0.5) is 10.1 Å². The van der Waals surface area contributed by atoms with E-state index in [-0.39, 0.29) is 11.7 Å². The predicted molar refractivity (Wildman–Crippen MR) is 93.0 cm³/mol. The zero-order chi connectivity index (χ0) is 16.2. The Morgan fingerprint density at radius 3 is 2.39 bits per heavy atom. The van der Waals surface area contributed by atoms with Crippen LogP contribution in [0.2, 0.25) is 0 Å². The lowest BCUT2D eigenvalue weighted by atomic mass is 10.1. The number of anilines is 1. The van der Waals surface area contributed by atoms with Crippen molar-refractivity contribution in [1.82, 2.24) is 4.90 Å². The maximum absolute atomic E-state index is 12.9. The molecule has 0 bridgehead atoms. The fourth-order valence-electron chi connectivity index (χ4n) is 2.78. The molecule has 1 fully saturated rings. The molecule has 5 heteroatoms. The number of nitrogens with zero attached hydrogens (tertiary/aromatic N) is 2. The minimum atomic E-state index is -0.274. The second kappa shape index (κ2) is 7.13. The molecule has 0 spiro atoms. The molecule has 2 aromatic carbocycles. The first-order valence-corrected chi connectivity index (χ1v) is 8.44. The van der Waals surface area contributed by atoms with Crippen LogP contribution in [0, 0.1) is 5.82 Å². The topological polar surface area (TPSA) is 23.6 Å². The SMILES string of the molecule is O=C(Cc1ccc(F)cc1)N1CCN(c2cccc(Br)c2)CC1. The summed E-state index contributed by atoms with van der Waals surface area (Å²) >= 11 is 3.49. The quantitative estimate of drug-likeness (QED) is 0.818. The van der Waals surface area contributed by atoms with E-state index in [0.29, 0.717) is 19.5 Å². The number of carbonyl (C=O) groups excluding carboxylic acids is 1. The number of piperazine rings is 1. The highest BCUT2D eigenvalue weighted by molar-refractivity contribution is 9.10. The summed E-state index contributed by atoms with van der Waals surface area (Å²) in [6, 6.07) is 14.3. The third-order valence-corrected chi connectivity index (χ3v) is 4.57. The largest absolute Gasteiger partial charge is 0.368 e. The normalized spacial score (nSPS) is 14.9. The monoisotopic (exact) mass is 376 g/mol. The van der Waals surface area contributed by atoms with Gasteiger partial charge in [0.1, 0.15) is 5.82 Å². The molecule has 1 amide bonds. The lowest BCUT2D eigenvalue weighted by Gasteiger charge is -2.36. The molecule has 1 heterocycles. The molecule has 3 rings (SSSR count). The van der Waals surface area contributed by atoms with Crippen molar-refractivity contribution in [2.75, 3.05) is 31.1 Å². The molecule has 0 atom stereocenters. The fraction of sp³-hybridized carbons (Fsp3) is 0.278. The molecule has 0 unspecified atom stereocenters. The van der Waals surface area contributed by atoms with Crippen LogP contribution in [-0.2, 0) is 11.2 Å². The van der Waals surface area contributed by atoms with E-state index < -0.39 is 0 Å². The van der Waals surface area contributed by atoms with Crippen molar-refractivity contribution >= 4 is 27.5 Å². The summed E-state index contributed by atoms with van der Waals surface area (Å²) in [5, 5.41) is 0. The Hall–Kier alpha value is -1.88. The molecule has 2 aromatic rings. The molecule has 0 N–H and O–H groups in total. The molecule has 0 aromatic heterocycles. The minimum Gasteiger partial charge on any atom is -0.368 e. The van der Waals surface area contributed by atoms with E-state index in [1.165, 1.54) is 17.8 Å². The maximum atomic E-state index is 12.9. The van der Waals surface area contributed by atoms with E-state index in [1.54, 1.807) is 12.1 Å². The number of carbonyl (C=O) groups is 1. The molecule has 1 aliphatic heterocycles. The zero-order valence-corrected chi connectivity index (χ0v) is 14.3. The van der Waals surface area contributed by atoms with Gasteiger partial charge >= 0.3 is 0 Å². The summed E-state index contributed by atoms with van der Waals surface area (Å²) in [4.78, 5) is 16.5. The van der Waals surface area contributed by atoms with Crippen LogP contribution in [0.3, 0.4) is 0 Å². The Morgan fingerprint density at radius 1 is 1.04 bits per heavy atom. The van der Waals surface area contributed by atoms with Crippen molar-refractivity contribution < 1.29 is 9.18 Å². The molecule has 23 heavy (non-hydrogen) atoms. The number of hydrogen-bond donors (Lipinski definition) is 0. The maximum Gasteiger partial charge on any atom is 0.227 e. The second-order valence-corrected chi connectivity index (χ2v) is 6.57.